The minimum Gasteiger partial charge on any atom is -0.354 e. The molecule has 0 radical (unpaired) electrons. The fraction of sp³-hybridized carbons (Fsp3) is 0.350. The number of anilines is 2. The lowest BCUT2D eigenvalue weighted by Crippen LogP contribution is -2.15. The first-order chi connectivity index (χ1) is 12.4. The number of Topliss-reactive ketones (excluding diaryl/α,β-unsaturated/α-hetero) is 1. The lowest BCUT2D eigenvalue weighted by atomic mass is 9.94. The van der Waals surface area contributed by atoms with Crippen molar-refractivity contribution in [2.45, 2.75) is 46.5 Å². The summed E-state index contributed by atoms with van der Waals surface area (Å²) in [6.45, 7) is 5.47. The number of hydrogen-bond donors (Lipinski definition) is 3. The van der Waals surface area contributed by atoms with E-state index in [4.69, 9.17) is 0 Å². The van der Waals surface area contributed by atoms with Crippen molar-refractivity contribution in [1.29, 1.82) is 0 Å². The number of ketones is 1. The Kier molecular flexibility index (Phi) is 4.93. The largest absolute Gasteiger partial charge is 0.354 e. The van der Waals surface area contributed by atoms with Gasteiger partial charge in [0, 0.05) is 35.5 Å². The number of amides is 2. The molecule has 6 heteroatoms. The number of aryl methyl sites for hydroxylation is 2. The average Bonchev–Trinajstić information content (AvgIpc) is 2.96. The van der Waals surface area contributed by atoms with E-state index in [1.807, 2.05) is 13.0 Å². The minimum atomic E-state index is -0.285. The Bertz CT molecular complexity index is 896. The number of aromatic amines is 1. The van der Waals surface area contributed by atoms with Gasteiger partial charge < -0.3 is 15.6 Å². The second-order valence-corrected chi connectivity index (χ2v) is 6.64. The normalized spacial score (nSPS) is 13.3. The van der Waals surface area contributed by atoms with Crippen molar-refractivity contribution < 1.29 is 14.4 Å². The van der Waals surface area contributed by atoms with Gasteiger partial charge in [0.05, 0.1) is 0 Å². The SMILES string of the molecule is CCC(=O)Nc1ccc(C)c(NC(=O)c2[nH]c3c(c2C)C(=O)CCC3)c1. The minimum absolute atomic E-state index is 0.0856. The van der Waals surface area contributed by atoms with Crippen LogP contribution < -0.4 is 10.6 Å². The molecule has 0 unspecified atom stereocenters. The standard InChI is InChI=1S/C20H23N3O3/c1-4-17(25)21-13-9-8-11(2)15(10-13)23-20(26)19-12(3)18-14(22-19)6-5-7-16(18)24/h8-10,22H,4-7H2,1-3H3,(H,21,25)(H,23,26). The molecule has 3 rings (SSSR count). The predicted octanol–water partition coefficient (Wildman–Crippen LogP) is 3.75. The molecule has 0 fully saturated rings. The summed E-state index contributed by atoms with van der Waals surface area (Å²) in [5.74, 6) is -0.274. The van der Waals surface area contributed by atoms with Gasteiger partial charge in [0.25, 0.3) is 5.91 Å². The second-order valence-electron chi connectivity index (χ2n) is 6.64. The molecule has 0 aliphatic heterocycles. The maximum Gasteiger partial charge on any atom is 0.272 e. The number of H-pyrrole nitrogens is 1. The molecule has 1 aromatic heterocycles. The monoisotopic (exact) mass is 353 g/mol. The molecule has 136 valence electrons. The molecule has 1 aromatic carbocycles. The van der Waals surface area contributed by atoms with Gasteiger partial charge in [-0.3, -0.25) is 14.4 Å². The highest BCUT2D eigenvalue weighted by molar-refractivity contribution is 6.09. The van der Waals surface area contributed by atoms with Crippen molar-refractivity contribution >= 4 is 29.0 Å². The van der Waals surface area contributed by atoms with E-state index in [1.165, 1.54) is 0 Å². The highest BCUT2D eigenvalue weighted by Gasteiger charge is 2.26. The third kappa shape index (κ3) is 3.40. The van der Waals surface area contributed by atoms with Crippen LogP contribution in [0.1, 0.15) is 63.9 Å². The molecule has 2 amide bonds. The molecule has 0 spiro atoms. The molecule has 3 N–H and O–H groups in total. The van der Waals surface area contributed by atoms with E-state index in [1.54, 1.807) is 26.0 Å². The van der Waals surface area contributed by atoms with Crippen LogP contribution in [-0.4, -0.2) is 22.6 Å². The zero-order chi connectivity index (χ0) is 18.8. The van der Waals surface area contributed by atoms with E-state index in [9.17, 15) is 14.4 Å². The fourth-order valence-electron chi connectivity index (χ4n) is 3.27. The number of hydrogen-bond acceptors (Lipinski definition) is 3. The number of carbonyl (C=O) groups is 3. The number of carbonyl (C=O) groups excluding carboxylic acids is 3. The molecular weight excluding hydrogens is 330 g/mol. The molecular formula is C20H23N3O3. The Morgan fingerprint density at radius 1 is 1.15 bits per heavy atom. The van der Waals surface area contributed by atoms with Crippen LogP contribution in [0.2, 0.25) is 0 Å². The number of benzene rings is 1. The summed E-state index contributed by atoms with van der Waals surface area (Å²) in [5.41, 5.74) is 4.80. The lowest BCUT2D eigenvalue weighted by Gasteiger charge is -2.11. The Hall–Kier alpha value is -2.89. The first-order valence-electron chi connectivity index (χ1n) is 8.87. The van der Waals surface area contributed by atoms with Gasteiger partial charge in [-0.1, -0.05) is 13.0 Å². The summed E-state index contributed by atoms with van der Waals surface area (Å²) in [6, 6.07) is 5.39. The van der Waals surface area contributed by atoms with Gasteiger partial charge in [-0.05, 0) is 49.9 Å². The van der Waals surface area contributed by atoms with Crippen LogP contribution in [0, 0.1) is 13.8 Å². The molecule has 0 saturated heterocycles. The van der Waals surface area contributed by atoms with Crippen LogP contribution in [0.5, 0.6) is 0 Å². The number of rotatable bonds is 4. The number of nitrogens with one attached hydrogen (secondary N) is 3. The van der Waals surface area contributed by atoms with Crippen molar-refractivity contribution in [3.63, 3.8) is 0 Å². The van der Waals surface area contributed by atoms with Crippen molar-refractivity contribution in [2.75, 3.05) is 10.6 Å². The van der Waals surface area contributed by atoms with Gasteiger partial charge in [0.1, 0.15) is 5.69 Å². The van der Waals surface area contributed by atoms with Crippen LogP contribution in [0.15, 0.2) is 18.2 Å². The van der Waals surface area contributed by atoms with E-state index in [0.29, 0.717) is 41.0 Å². The molecule has 26 heavy (non-hydrogen) atoms. The Balaban J connectivity index is 1.86. The van der Waals surface area contributed by atoms with Crippen LogP contribution in [0.3, 0.4) is 0 Å². The second kappa shape index (κ2) is 7.15. The van der Waals surface area contributed by atoms with Crippen molar-refractivity contribution in [3.05, 3.63) is 46.3 Å². The van der Waals surface area contributed by atoms with Gasteiger partial charge in [-0.25, -0.2) is 0 Å². The Morgan fingerprint density at radius 2 is 1.92 bits per heavy atom. The summed E-state index contributed by atoms with van der Waals surface area (Å²) in [6.07, 6.45) is 2.51. The summed E-state index contributed by atoms with van der Waals surface area (Å²) >= 11 is 0. The van der Waals surface area contributed by atoms with Crippen LogP contribution >= 0.6 is 0 Å². The number of aromatic nitrogens is 1. The first-order valence-corrected chi connectivity index (χ1v) is 8.87. The van der Waals surface area contributed by atoms with Gasteiger partial charge >= 0.3 is 0 Å². The molecule has 2 aromatic rings. The zero-order valence-electron chi connectivity index (χ0n) is 15.3. The average molecular weight is 353 g/mol. The van der Waals surface area contributed by atoms with Crippen LogP contribution in [-0.2, 0) is 11.2 Å². The smallest absolute Gasteiger partial charge is 0.272 e. The van der Waals surface area contributed by atoms with Crippen LogP contribution in [0.25, 0.3) is 0 Å². The Labute approximate surface area is 152 Å². The lowest BCUT2D eigenvalue weighted by molar-refractivity contribution is -0.115. The third-order valence-corrected chi connectivity index (χ3v) is 4.75. The van der Waals surface area contributed by atoms with Gasteiger partial charge in [0.15, 0.2) is 5.78 Å². The highest BCUT2D eigenvalue weighted by atomic mass is 16.2. The van der Waals surface area contributed by atoms with E-state index in [2.05, 4.69) is 15.6 Å². The summed E-state index contributed by atoms with van der Waals surface area (Å²) in [4.78, 5) is 39.6. The summed E-state index contributed by atoms with van der Waals surface area (Å²) < 4.78 is 0. The highest BCUT2D eigenvalue weighted by Crippen LogP contribution is 2.28. The summed E-state index contributed by atoms with van der Waals surface area (Å²) in [5, 5.41) is 5.68. The van der Waals surface area contributed by atoms with Gasteiger partial charge in [-0.2, -0.15) is 0 Å². The number of fused-ring (bicyclic) bond motifs is 1. The molecule has 0 bridgehead atoms. The van der Waals surface area contributed by atoms with E-state index < -0.39 is 0 Å². The van der Waals surface area contributed by atoms with Crippen LogP contribution in [0.4, 0.5) is 11.4 Å². The van der Waals surface area contributed by atoms with Gasteiger partial charge in [-0.15, -0.1) is 0 Å². The van der Waals surface area contributed by atoms with Crippen molar-refractivity contribution in [3.8, 4) is 0 Å². The van der Waals surface area contributed by atoms with E-state index in [0.717, 1.165) is 24.1 Å². The third-order valence-electron chi connectivity index (χ3n) is 4.75. The molecule has 1 heterocycles. The van der Waals surface area contributed by atoms with E-state index >= 15 is 0 Å². The van der Waals surface area contributed by atoms with Crippen molar-refractivity contribution in [1.82, 2.24) is 4.98 Å². The molecule has 0 saturated carbocycles. The fourth-order valence-corrected chi connectivity index (χ4v) is 3.27. The first kappa shape index (κ1) is 17.9. The maximum atomic E-state index is 12.8. The zero-order valence-corrected chi connectivity index (χ0v) is 15.3. The maximum absolute atomic E-state index is 12.8. The summed E-state index contributed by atoms with van der Waals surface area (Å²) in [7, 11) is 0. The topological polar surface area (TPSA) is 91.1 Å². The van der Waals surface area contributed by atoms with Gasteiger partial charge in [0.2, 0.25) is 5.91 Å². The molecule has 1 aliphatic rings. The van der Waals surface area contributed by atoms with E-state index in [-0.39, 0.29) is 17.6 Å². The molecule has 1 aliphatic carbocycles. The predicted molar refractivity (Wildman–Crippen MR) is 101 cm³/mol. The molecule has 0 atom stereocenters. The van der Waals surface area contributed by atoms with Crippen molar-refractivity contribution in [2.24, 2.45) is 0 Å². The Morgan fingerprint density at radius 3 is 2.62 bits per heavy atom. The quantitative estimate of drug-likeness (QED) is 0.782. The molecule has 6 nitrogen and oxygen atoms in total.